The third kappa shape index (κ3) is 4.48. The number of hydrogen-bond acceptors (Lipinski definition) is 4. The van der Waals surface area contributed by atoms with E-state index < -0.39 is 5.97 Å². The normalized spacial score (nSPS) is 10.5. The summed E-state index contributed by atoms with van der Waals surface area (Å²) in [5.41, 5.74) is 0. The van der Waals surface area contributed by atoms with Crippen LogP contribution in [0.3, 0.4) is 0 Å². The van der Waals surface area contributed by atoms with Crippen molar-refractivity contribution in [1.82, 2.24) is 5.32 Å². The van der Waals surface area contributed by atoms with Gasteiger partial charge in [-0.05, 0) is 25.3 Å². The average molecular weight is 301 g/mol. The van der Waals surface area contributed by atoms with Crippen molar-refractivity contribution in [3.8, 4) is 5.75 Å². The van der Waals surface area contributed by atoms with E-state index in [0.29, 0.717) is 5.75 Å². The summed E-state index contributed by atoms with van der Waals surface area (Å²) in [4.78, 5) is 23.0. The number of carbonyl (C=O) groups is 2. The van der Waals surface area contributed by atoms with Crippen molar-refractivity contribution >= 4 is 22.6 Å². The summed E-state index contributed by atoms with van der Waals surface area (Å²) in [6, 6.07) is 13.4. The first kappa shape index (κ1) is 15.8. The third-order valence-electron chi connectivity index (χ3n) is 2.91. The molecule has 116 valence electrons. The summed E-state index contributed by atoms with van der Waals surface area (Å²) in [5.74, 6) is -0.290. The van der Waals surface area contributed by atoms with E-state index in [0.717, 1.165) is 10.8 Å². The molecule has 5 nitrogen and oxygen atoms in total. The monoisotopic (exact) mass is 301 g/mol. The predicted octanol–water partition coefficient (Wildman–Crippen LogP) is 2.29. The molecule has 0 unspecified atom stereocenters. The lowest BCUT2D eigenvalue weighted by molar-refractivity contribution is -0.150. The number of nitrogens with one attached hydrogen (secondary N) is 1. The molecular weight excluding hydrogens is 282 g/mol. The highest BCUT2D eigenvalue weighted by atomic mass is 16.6. The van der Waals surface area contributed by atoms with Crippen molar-refractivity contribution in [3.05, 3.63) is 42.5 Å². The summed E-state index contributed by atoms with van der Waals surface area (Å²) >= 11 is 0. The van der Waals surface area contributed by atoms with Crippen molar-refractivity contribution in [2.75, 3.05) is 13.2 Å². The maximum absolute atomic E-state index is 11.6. The minimum Gasteiger partial charge on any atom is -0.481 e. The van der Waals surface area contributed by atoms with E-state index >= 15 is 0 Å². The molecule has 22 heavy (non-hydrogen) atoms. The van der Waals surface area contributed by atoms with E-state index in [1.54, 1.807) is 6.07 Å². The zero-order chi connectivity index (χ0) is 15.9. The summed E-state index contributed by atoms with van der Waals surface area (Å²) in [5, 5.41) is 4.60. The molecule has 0 aliphatic rings. The van der Waals surface area contributed by atoms with Crippen LogP contribution in [0.25, 0.3) is 10.8 Å². The van der Waals surface area contributed by atoms with Crippen molar-refractivity contribution in [2.24, 2.45) is 0 Å². The Hall–Kier alpha value is -2.56. The van der Waals surface area contributed by atoms with Gasteiger partial charge in [0, 0.05) is 11.4 Å². The van der Waals surface area contributed by atoms with E-state index in [4.69, 9.17) is 9.47 Å². The van der Waals surface area contributed by atoms with Gasteiger partial charge in [0.05, 0.1) is 0 Å². The first-order chi connectivity index (χ1) is 10.6. The van der Waals surface area contributed by atoms with Crippen molar-refractivity contribution in [3.63, 3.8) is 0 Å². The second kappa shape index (κ2) is 7.45. The minimum absolute atomic E-state index is 0.0122. The SMILES string of the molecule is CC(C)NC(=O)COC(=O)COc1cccc2ccccc12. The van der Waals surface area contributed by atoms with Crippen molar-refractivity contribution < 1.29 is 19.1 Å². The van der Waals surface area contributed by atoms with Crippen LogP contribution in [0, 0.1) is 0 Å². The van der Waals surface area contributed by atoms with Gasteiger partial charge in [-0.1, -0.05) is 36.4 Å². The molecule has 0 radical (unpaired) electrons. The number of ether oxygens (including phenoxy) is 2. The molecule has 2 aromatic rings. The topological polar surface area (TPSA) is 64.6 Å². The van der Waals surface area contributed by atoms with Gasteiger partial charge >= 0.3 is 5.97 Å². The fourth-order valence-corrected chi connectivity index (χ4v) is 2.01. The highest BCUT2D eigenvalue weighted by Gasteiger charge is 2.10. The van der Waals surface area contributed by atoms with Gasteiger partial charge in [0.15, 0.2) is 13.2 Å². The highest BCUT2D eigenvalue weighted by molar-refractivity contribution is 5.88. The van der Waals surface area contributed by atoms with Gasteiger partial charge in [-0.15, -0.1) is 0 Å². The zero-order valence-electron chi connectivity index (χ0n) is 12.7. The highest BCUT2D eigenvalue weighted by Crippen LogP contribution is 2.24. The predicted molar refractivity (Wildman–Crippen MR) is 83.7 cm³/mol. The Labute approximate surface area is 129 Å². The van der Waals surface area contributed by atoms with Crippen LogP contribution in [0.2, 0.25) is 0 Å². The average Bonchev–Trinajstić information content (AvgIpc) is 2.50. The molecule has 0 spiro atoms. The van der Waals surface area contributed by atoms with E-state index in [1.807, 2.05) is 50.2 Å². The number of amides is 1. The van der Waals surface area contributed by atoms with Gasteiger partial charge in [-0.3, -0.25) is 4.79 Å². The number of benzene rings is 2. The van der Waals surface area contributed by atoms with Crippen LogP contribution in [0.1, 0.15) is 13.8 Å². The van der Waals surface area contributed by atoms with Gasteiger partial charge in [0.2, 0.25) is 0 Å². The second-order valence-corrected chi connectivity index (χ2v) is 5.15. The Bertz CT molecular complexity index is 661. The van der Waals surface area contributed by atoms with Gasteiger partial charge in [0.1, 0.15) is 5.75 Å². The van der Waals surface area contributed by atoms with Crippen LogP contribution < -0.4 is 10.1 Å². The smallest absolute Gasteiger partial charge is 0.344 e. The van der Waals surface area contributed by atoms with E-state index in [2.05, 4.69) is 5.32 Å². The van der Waals surface area contributed by atoms with Gasteiger partial charge in [0.25, 0.3) is 5.91 Å². The third-order valence-corrected chi connectivity index (χ3v) is 2.91. The van der Waals surface area contributed by atoms with E-state index in [9.17, 15) is 9.59 Å². The molecule has 0 atom stereocenters. The van der Waals surface area contributed by atoms with Crippen LogP contribution in [-0.4, -0.2) is 31.1 Å². The summed E-state index contributed by atoms with van der Waals surface area (Å²) in [6.07, 6.45) is 0. The molecular formula is C17H19NO4. The fraction of sp³-hybridized carbons (Fsp3) is 0.294. The molecule has 0 heterocycles. The standard InChI is InChI=1S/C17H19NO4/c1-12(2)18-16(19)10-22-17(20)11-21-15-9-5-7-13-6-3-4-8-14(13)15/h3-9,12H,10-11H2,1-2H3,(H,18,19). The largest absolute Gasteiger partial charge is 0.481 e. The van der Waals surface area contributed by atoms with Gasteiger partial charge in [-0.25, -0.2) is 4.79 Å². The van der Waals surface area contributed by atoms with Crippen LogP contribution in [0.5, 0.6) is 5.75 Å². The number of hydrogen-bond donors (Lipinski definition) is 1. The maximum Gasteiger partial charge on any atom is 0.344 e. The van der Waals surface area contributed by atoms with Crippen LogP contribution in [0.15, 0.2) is 42.5 Å². The molecule has 1 N–H and O–H groups in total. The van der Waals surface area contributed by atoms with Crippen LogP contribution in [-0.2, 0) is 14.3 Å². The first-order valence-corrected chi connectivity index (χ1v) is 7.12. The molecule has 0 fully saturated rings. The number of fused-ring (bicyclic) bond motifs is 1. The van der Waals surface area contributed by atoms with Crippen LogP contribution in [0.4, 0.5) is 0 Å². The quantitative estimate of drug-likeness (QED) is 0.831. The number of esters is 1. The molecule has 0 bridgehead atoms. The Morgan fingerprint density at radius 2 is 1.77 bits per heavy atom. The Balaban J connectivity index is 1.87. The Morgan fingerprint density at radius 1 is 1.05 bits per heavy atom. The lowest BCUT2D eigenvalue weighted by Gasteiger charge is -2.10. The van der Waals surface area contributed by atoms with Crippen LogP contribution >= 0.6 is 0 Å². The van der Waals surface area contributed by atoms with Gasteiger partial charge in [-0.2, -0.15) is 0 Å². The van der Waals surface area contributed by atoms with E-state index in [1.165, 1.54) is 0 Å². The van der Waals surface area contributed by atoms with E-state index in [-0.39, 0.29) is 25.2 Å². The lowest BCUT2D eigenvalue weighted by Crippen LogP contribution is -2.34. The maximum atomic E-state index is 11.6. The zero-order valence-corrected chi connectivity index (χ0v) is 12.7. The number of rotatable bonds is 6. The Kier molecular flexibility index (Phi) is 5.36. The molecule has 0 aliphatic carbocycles. The molecule has 0 aliphatic heterocycles. The minimum atomic E-state index is -0.577. The van der Waals surface area contributed by atoms with Crippen molar-refractivity contribution in [2.45, 2.75) is 19.9 Å². The van der Waals surface area contributed by atoms with Gasteiger partial charge < -0.3 is 14.8 Å². The fourth-order valence-electron chi connectivity index (χ4n) is 2.01. The first-order valence-electron chi connectivity index (χ1n) is 7.12. The molecule has 0 aromatic heterocycles. The molecule has 2 aromatic carbocycles. The molecule has 1 amide bonds. The van der Waals surface area contributed by atoms with Crippen molar-refractivity contribution in [1.29, 1.82) is 0 Å². The second-order valence-electron chi connectivity index (χ2n) is 5.15. The molecule has 2 rings (SSSR count). The Morgan fingerprint density at radius 3 is 2.55 bits per heavy atom. The molecule has 5 heteroatoms. The molecule has 0 saturated carbocycles. The summed E-state index contributed by atoms with van der Waals surface area (Å²) in [7, 11) is 0. The molecule has 0 saturated heterocycles. The summed E-state index contributed by atoms with van der Waals surface area (Å²) in [6.45, 7) is 3.14. The number of carbonyl (C=O) groups excluding carboxylic acids is 2. The lowest BCUT2D eigenvalue weighted by atomic mass is 10.1. The summed E-state index contributed by atoms with van der Waals surface area (Å²) < 4.78 is 10.4.